The maximum Gasteiger partial charge on any atom is 0.244 e. The molecule has 0 bridgehead atoms. The number of amides is 1. The Kier molecular flexibility index (Phi) is 5.56. The molecule has 1 N–H and O–H groups in total. The highest BCUT2D eigenvalue weighted by atomic mass is 79.9. The molecule has 21 heavy (non-hydrogen) atoms. The van der Waals surface area contributed by atoms with Crippen LogP contribution in [0, 0.1) is 11.6 Å². The van der Waals surface area contributed by atoms with Crippen LogP contribution in [-0.4, -0.2) is 29.9 Å². The molecule has 0 spiro atoms. The number of carbonyl (C=O) groups is 1. The average molecular weight is 361 g/mol. The first-order valence-electron chi connectivity index (χ1n) is 7.19. The van der Waals surface area contributed by atoms with Crippen LogP contribution in [0.1, 0.15) is 32.6 Å². The zero-order valence-electron chi connectivity index (χ0n) is 12.0. The van der Waals surface area contributed by atoms with E-state index in [2.05, 4.69) is 21.2 Å². The molecular weight excluding hydrogens is 342 g/mol. The molecule has 1 amide bonds. The molecule has 0 saturated carbocycles. The monoisotopic (exact) mass is 360 g/mol. The molecule has 1 saturated heterocycles. The Morgan fingerprint density at radius 2 is 1.71 bits per heavy atom. The van der Waals surface area contributed by atoms with Crippen molar-refractivity contribution in [3.05, 3.63) is 28.2 Å². The van der Waals surface area contributed by atoms with Gasteiger partial charge in [-0.3, -0.25) is 4.79 Å². The number of benzene rings is 1. The number of hydrogen-bond donors (Lipinski definition) is 1. The van der Waals surface area contributed by atoms with Gasteiger partial charge in [0.1, 0.15) is 23.4 Å². The van der Waals surface area contributed by atoms with Gasteiger partial charge in [0.15, 0.2) is 0 Å². The standard InChI is InChI=1S/C15H19BrF2N2O/c1-10(15(21)20-6-4-2-3-5-7-20)19-14-12(17)8-11(16)9-13(14)18/h8-10,19H,2-7H2,1H3. The predicted molar refractivity (Wildman–Crippen MR) is 82.2 cm³/mol. The van der Waals surface area contributed by atoms with Crippen LogP contribution in [0.15, 0.2) is 16.6 Å². The quantitative estimate of drug-likeness (QED) is 0.885. The van der Waals surface area contributed by atoms with Gasteiger partial charge in [0, 0.05) is 17.6 Å². The zero-order valence-corrected chi connectivity index (χ0v) is 13.6. The SMILES string of the molecule is CC(Nc1c(F)cc(Br)cc1F)C(=O)N1CCCCCC1. The van der Waals surface area contributed by atoms with Crippen LogP contribution in [0.4, 0.5) is 14.5 Å². The Morgan fingerprint density at radius 3 is 2.24 bits per heavy atom. The summed E-state index contributed by atoms with van der Waals surface area (Å²) >= 11 is 3.03. The van der Waals surface area contributed by atoms with E-state index in [0.29, 0.717) is 4.47 Å². The van der Waals surface area contributed by atoms with Crippen molar-refractivity contribution in [1.82, 2.24) is 4.90 Å². The van der Waals surface area contributed by atoms with E-state index in [4.69, 9.17) is 0 Å². The van der Waals surface area contributed by atoms with E-state index >= 15 is 0 Å². The zero-order chi connectivity index (χ0) is 15.4. The molecular formula is C15H19BrF2N2O. The highest BCUT2D eigenvalue weighted by Gasteiger charge is 2.23. The number of anilines is 1. The van der Waals surface area contributed by atoms with Gasteiger partial charge in [-0.2, -0.15) is 0 Å². The van der Waals surface area contributed by atoms with Crippen LogP contribution >= 0.6 is 15.9 Å². The van der Waals surface area contributed by atoms with Gasteiger partial charge in [0.05, 0.1) is 0 Å². The van der Waals surface area contributed by atoms with Crippen molar-refractivity contribution in [2.75, 3.05) is 18.4 Å². The Morgan fingerprint density at radius 1 is 1.19 bits per heavy atom. The van der Waals surface area contributed by atoms with Crippen LogP contribution < -0.4 is 5.32 Å². The van der Waals surface area contributed by atoms with E-state index < -0.39 is 17.7 Å². The second-order valence-corrected chi connectivity index (χ2v) is 6.27. The Balaban J connectivity index is 2.06. The molecule has 1 aliphatic heterocycles. The van der Waals surface area contributed by atoms with Crippen molar-refractivity contribution in [2.24, 2.45) is 0 Å². The summed E-state index contributed by atoms with van der Waals surface area (Å²) in [6.07, 6.45) is 4.22. The first-order valence-corrected chi connectivity index (χ1v) is 7.98. The van der Waals surface area contributed by atoms with Crippen LogP contribution in [0.5, 0.6) is 0 Å². The lowest BCUT2D eigenvalue weighted by Crippen LogP contribution is -2.42. The second kappa shape index (κ2) is 7.20. The molecule has 1 fully saturated rings. The molecule has 0 aromatic heterocycles. The van der Waals surface area contributed by atoms with E-state index in [9.17, 15) is 13.6 Å². The number of hydrogen-bond acceptors (Lipinski definition) is 2. The molecule has 6 heteroatoms. The lowest BCUT2D eigenvalue weighted by Gasteiger charge is -2.25. The minimum absolute atomic E-state index is 0.112. The summed E-state index contributed by atoms with van der Waals surface area (Å²) in [4.78, 5) is 14.1. The summed E-state index contributed by atoms with van der Waals surface area (Å²) in [5.74, 6) is -1.53. The van der Waals surface area contributed by atoms with E-state index in [1.807, 2.05) is 0 Å². The fourth-order valence-corrected chi connectivity index (χ4v) is 2.93. The predicted octanol–water partition coefficient (Wildman–Crippen LogP) is 3.93. The summed E-state index contributed by atoms with van der Waals surface area (Å²) < 4.78 is 27.9. The van der Waals surface area contributed by atoms with E-state index in [1.165, 1.54) is 12.1 Å². The number of carbonyl (C=O) groups excluding carboxylic acids is 1. The normalized spacial score (nSPS) is 17.2. The minimum Gasteiger partial charge on any atom is -0.369 e. The van der Waals surface area contributed by atoms with Crippen molar-refractivity contribution in [3.8, 4) is 0 Å². The number of rotatable bonds is 3. The lowest BCUT2D eigenvalue weighted by atomic mass is 10.2. The molecule has 0 aliphatic carbocycles. The topological polar surface area (TPSA) is 32.3 Å². The van der Waals surface area contributed by atoms with Crippen molar-refractivity contribution < 1.29 is 13.6 Å². The largest absolute Gasteiger partial charge is 0.369 e. The van der Waals surface area contributed by atoms with Gasteiger partial charge in [-0.15, -0.1) is 0 Å². The van der Waals surface area contributed by atoms with Crippen LogP contribution in [0.25, 0.3) is 0 Å². The van der Waals surface area contributed by atoms with Gasteiger partial charge in [-0.05, 0) is 31.9 Å². The third kappa shape index (κ3) is 4.15. The van der Waals surface area contributed by atoms with Crippen LogP contribution in [-0.2, 0) is 4.79 Å². The highest BCUT2D eigenvalue weighted by molar-refractivity contribution is 9.10. The van der Waals surface area contributed by atoms with Crippen molar-refractivity contribution >= 4 is 27.5 Å². The molecule has 1 aliphatic rings. The molecule has 116 valence electrons. The number of nitrogens with one attached hydrogen (secondary N) is 1. The van der Waals surface area contributed by atoms with Gasteiger partial charge < -0.3 is 10.2 Å². The molecule has 3 nitrogen and oxygen atoms in total. The molecule has 1 aromatic rings. The molecule has 1 atom stereocenters. The Hall–Kier alpha value is -1.17. The minimum atomic E-state index is -0.711. The van der Waals surface area contributed by atoms with Crippen LogP contribution in [0.3, 0.4) is 0 Å². The summed E-state index contributed by atoms with van der Waals surface area (Å²) in [5, 5.41) is 2.66. The summed E-state index contributed by atoms with van der Waals surface area (Å²) in [7, 11) is 0. The molecule has 1 heterocycles. The fourth-order valence-electron chi connectivity index (χ4n) is 2.52. The second-order valence-electron chi connectivity index (χ2n) is 5.35. The van der Waals surface area contributed by atoms with E-state index in [-0.39, 0.29) is 11.6 Å². The number of nitrogens with zero attached hydrogens (tertiary/aromatic N) is 1. The van der Waals surface area contributed by atoms with Gasteiger partial charge in [-0.25, -0.2) is 8.78 Å². The maximum atomic E-state index is 13.8. The Labute approximate surface area is 131 Å². The van der Waals surface area contributed by atoms with E-state index in [1.54, 1.807) is 11.8 Å². The average Bonchev–Trinajstić information content (AvgIpc) is 2.70. The first-order chi connectivity index (χ1) is 9.99. The third-order valence-electron chi connectivity index (χ3n) is 3.66. The molecule has 2 rings (SSSR count). The van der Waals surface area contributed by atoms with E-state index in [0.717, 1.165) is 38.8 Å². The van der Waals surface area contributed by atoms with Crippen molar-refractivity contribution in [1.29, 1.82) is 0 Å². The van der Waals surface area contributed by atoms with Gasteiger partial charge in [0.25, 0.3) is 0 Å². The highest BCUT2D eigenvalue weighted by Crippen LogP contribution is 2.24. The van der Waals surface area contributed by atoms with Crippen LogP contribution in [0.2, 0.25) is 0 Å². The van der Waals surface area contributed by atoms with Crippen molar-refractivity contribution in [3.63, 3.8) is 0 Å². The summed E-state index contributed by atoms with van der Waals surface area (Å²) in [6, 6.07) is 1.69. The summed E-state index contributed by atoms with van der Waals surface area (Å²) in [5.41, 5.74) is -0.256. The van der Waals surface area contributed by atoms with Crippen molar-refractivity contribution in [2.45, 2.75) is 38.6 Å². The molecule has 1 unspecified atom stereocenters. The molecule has 0 radical (unpaired) electrons. The smallest absolute Gasteiger partial charge is 0.244 e. The van der Waals surface area contributed by atoms with Gasteiger partial charge >= 0.3 is 0 Å². The first kappa shape index (κ1) is 16.2. The van der Waals surface area contributed by atoms with Gasteiger partial charge in [-0.1, -0.05) is 28.8 Å². The van der Waals surface area contributed by atoms with Gasteiger partial charge in [0.2, 0.25) is 5.91 Å². The number of likely N-dealkylation sites (tertiary alicyclic amines) is 1. The maximum absolute atomic E-state index is 13.8. The third-order valence-corrected chi connectivity index (χ3v) is 4.11. The molecule has 1 aromatic carbocycles. The number of halogens is 3. The lowest BCUT2D eigenvalue weighted by molar-refractivity contribution is -0.131. The summed E-state index contributed by atoms with van der Waals surface area (Å²) in [6.45, 7) is 3.07. The fraction of sp³-hybridized carbons (Fsp3) is 0.533. The Bertz CT molecular complexity index is 493.